The summed E-state index contributed by atoms with van der Waals surface area (Å²) in [5.41, 5.74) is 7.37. The third kappa shape index (κ3) is 3.05. The van der Waals surface area contributed by atoms with Crippen molar-refractivity contribution < 1.29 is 4.39 Å². The summed E-state index contributed by atoms with van der Waals surface area (Å²) in [6.45, 7) is 1.12. The molecule has 2 N–H and O–H groups in total. The lowest BCUT2D eigenvalue weighted by Gasteiger charge is -2.02. The first kappa shape index (κ1) is 12.1. The maximum Gasteiger partial charge on any atom is 0.142 e. The highest BCUT2D eigenvalue weighted by Gasteiger charge is 2.03. The van der Waals surface area contributed by atoms with Gasteiger partial charge in [0.2, 0.25) is 0 Å². The van der Waals surface area contributed by atoms with E-state index in [1.807, 2.05) is 6.20 Å². The zero-order chi connectivity index (χ0) is 12.3. The quantitative estimate of drug-likeness (QED) is 0.908. The molecule has 0 aliphatic carbocycles. The van der Waals surface area contributed by atoms with Crippen molar-refractivity contribution in [2.75, 3.05) is 6.54 Å². The molecule has 0 atom stereocenters. The van der Waals surface area contributed by atoms with Gasteiger partial charge in [0.15, 0.2) is 0 Å². The summed E-state index contributed by atoms with van der Waals surface area (Å²) in [5, 5.41) is 4.32. The first-order valence-corrected chi connectivity index (χ1v) is 5.72. The number of nitrogens with two attached hydrogens (primary N) is 1. The van der Waals surface area contributed by atoms with E-state index in [9.17, 15) is 4.39 Å². The normalized spacial score (nSPS) is 10.8. The lowest BCUT2D eigenvalue weighted by atomic mass is 10.2. The molecule has 5 heteroatoms. The molecule has 1 aromatic heterocycles. The Morgan fingerprint density at radius 2 is 2.18 bits per heavy atom. The van der Waals surface area contributed by atoms with Gasteiger partial charge in [-0.25, -0.2) is 4.39 Å². The molecule has 0 saturated heterocycles. The molecule has 1 aromatic carbocycles. The van der Waals surface area contributed by atoms with Crippen molar-refractivity contribution in [3.63, 3.8) is 0 Å². The van der Waals surface area contributed by atoms with Crippen LogP contribution in [-0.4, -0.2) is 16.3 Å². The van der Waals surface area contributed by atoms with Crippen LogP contribution in [-0.2, 0) is 13.0 Å². The molecule has 1 heterocycles. The van der Waals surface area contributed by atoms with Gasteiger partial charge in [0.1, 0.15) is 5.82 Å². The summed E-state index contributed by atoms with van der Waals surface area (Å²) in [6.07, 6.45) is 4.49. The van der Waals surface area contributed by atoms with Crippen molar-refractivity contribution in [2.24, 2.45) is 5.73 Å². The van der Waals surface area contributed by atoms with E-state index in [0.717, 1.165) is 17.5 Å². The second-order valence-corrected chi connectivity index (χ2v) is 4.24. The molecule has 2 aromatic rings. The molecule has 0 fully saturated rings. The Kier molecular flexibility index (Phi) is 3.76. The predicted octanol–water partition coefficient (Wildman–Crippen LogP) is 2.23. The van der Waals surface area contributed by atoms with Gasteiger partial charge in [0.25, 0.3) is 0 Å². The van der Waals surface area contributed by atoms with Gasteiger partial charge in [-0.2, -0.15) is 5.10 Å². The summed E-state index contributed by atoms with van der Waals surface area (Å²) in [4.78, 5) is 0. The smallest absolute Gasteiger partial charge is 0.142 e. The van der Waals surface area contributed by atoms with Gasteiger partial charge < -0.3 is 5.73 Å². The van der Waals surface area contributed by atoms with E-state index in [0.29, 0.717) is 13.1 Å². The molecule has 0 aliphatic heterocycles. The minimum absolute atomic E-state index is 0.137. The van der Waals surface area contributed by atoms with Crippen LogP contribution in [0.4, 0.5) is 4.39 Å². The number of aromatic nitrogens is 2. The molecule has 0 radical (unpaired) electrons. The summed E-state index contributed by atoms with van der Waals surface area (Å²) in [5.74, 6) is -0.404. The van der Waals surface area contributed by atoms with Gasteiger partial charge in [0, 0.05) is 6.20 Å². The summed E-state index contributed by atoms with van der Waals surface area (Å²) in [7, 11) is 0. The monoisotopic (exact) mass is 253 g/mol. The minimum atomic E-state index is -0.404. The van der Waals surface area contributed by atoms with Crippen LogP contribution in [0.2, 0.25) is 5.02 Å². The van der Waals surface area contributed by atoms with E-state index in [-0.39, 0.29) is 5.02 Å². The fourth-order valence-electron chi connectivity index (χ4n) is 1.61. The zero-order valence-corrected chi connectivity index (χ0v) is 9.99. The van der Waals surface area contributed by atoms with Gasteiger partial charge >= 0.3 is 0 Å². The van der Waals surface area contributed by atoms with Gasteiger partial charge in [-0.05, 0) is 36.2 Å². The molecule has 0 saturated carbocycles. The molecule has 2 rings (SSSR count). The van der Waals surface area contributed by atoms with Crippen LogP contribution in [0.15, 0.2) is 30.6 Å². The average molecular weight is 254 g/mol. The number of rotatable bonds is 4. The fourth-order valence-corrected chi connectivity index (χ4v) is 1.73. The number of nitrogens with zero attached hydrogens (tertiary/aromatic N) is 2. The maximum absolute atomic E-state index is 13.2. The summed E-state index contributed by atoms with van der Waals surface area (Å²) < 4.78 is 15.0. The van der Waals surface area contributed by atoms with E-state index in [2.05, 4.69) is 5.10 Å². The van der Waals surface area contributed by atoms with Crippen LogP contribution in [0.1, 0.15) is 11.1 Å². The standard InChI is InChI=1S/C12H13ClFN3/c13-11-2-1-9(5-12(11)14)7-17-8-10(3-4-15)6-16-17/h1-2,5-6,8H,3-4,7,15H2. The number of benzene rings is 1. The largest absolute Gasteiger partial charge is 0.330 e. The molecule has 0 aliphatic rings. The van der Waals surface area contributed by atoms with Crippen molar-refractivity contribution in [3.8, 4) is 0 Å². The third-order valence-electron chi connectivity index (χ3n) is 2.45. The summed E-state index contributed by atoms with van der Waals surface area (Å²) in [6, 6.07) is 4.76. The number of hydrogen-bond acceptors (Lipinski definition) is 2. The molecule has 90 valence electrons. The zero-order valence-electron chi connectivity index (χ0n) is 9.24. The van der Waals surface area contributed by atoms with E-state index < -0.39 is 5.82 Å². The average Bonchev–Trinajstić information content (AvgIpc) is 2.72. The Bertz CT molecular complexity index is 510. The van der Waals surface area contributed by atoms with E-state index >= 15 is 0 Å². The van der Waals surface area contributed by atoms with Crippen LogP contribution in [0.5, 0.6) is 0 Å². The van der Waals surface area contributed by atoms with Crippen LogP contribution in [0, 0.1) is 5.82 Å². The van der Waals surface area contributed by atoms with Gasteiger partial charge in [-0.15, -0.1) is 0 Å². The minimum Gasteiger partial charge on any atom is -0.330 e. The van der Waals surface area contributed by atoms with Crippen LogP contribution >= 0.6 is 11.6 Å². The Morgan fingerprint density at radius 3 is 2.88 bits per heavy atom. The molecule has 0 spiro atoms. The molecule has 17 heavy (non-hydrogen) atoms. The first-order valence-electron chi connectivity index (χ1n) is 5.34. The van der Waals surface area contributed by atoms with Crippen molar-refractivity contribution in [2.45, 2.75) is 13.0 Å². The lowest BCUT2D eigenvalue weighted by molar-refractivity contribution is 0.619. The van der Waals surface area contributed by atoms with Crippen LogP contribution in [0.25, 0.3) is 0 Å². The second kappa shape index (κ2) is 5.29. The molecular weight excluding hydrogens is 241 g/mol. The van der Waals surface area contributed by atoms with Crippen molar-refractivity contribution in [3.05, 3.63) is 52.6 Å². The Hall–Kier alpha value is -1.39. The van der Waals surface area contributed by atoms with Gasteiger partial charge in [0.05, 0.1) is 17.8 Å². The van der Waals surface area contributed by atoms with Gasteiger partial charge in [-0.3, -0.25) is 4.68 Å². The van der Waals surface area contributed by atoms with Crippen LogP contribution < -0.4 is 5.73 Å². The van der Waals surface area contributed by atoms with Gasteiger partial charge in [-0.1, -0.05) is 17.7 Å². The van der Waals surface area contributed by atoms with Crippen LogP contribution in [0.3, 0.4) is 0 Å². The lowest BCUT2D eigenvalue weighted by Crippen LogP contribution is -2.02. The first-order chi connectivity index (χ1) is 8.19. The van der Waals surface area contributed by atoms with E-state index in [1.54, 1.807) is 23.0 Å². The molecule has 0 bridgehead atoms. The predicted molar refractivity (Wildman–Crippen MR) is 65.5 cm³/mol. The molecule has 3 nitrogen and oxygen atoms in total. The Balaban J connectivity index is 2.11. The second-order valence-electron chi connectivity index (χ2n) is 3.83. The fraction of sp³-hybridized carbons (Fsp3) is 0.250. The molecular formula is C12H13ClFN3. The highest BCUT2D eigenvalue weighted by molar-refractivity contribution is 6.30. The van der Waals surface area contributed by atoms with Crippen molar-refractivity contribution in [1.82, 2.24) is 9.78 Å². The topological polar surface area (TPSA) is 43.8 Å². The van der Waals surface area contributed by atoms with E-state index in [4.69, 9.17) is 17.3 Å². The highest BCUT2D eigenvalue weighted by Crippen LogP contribution is 2.16. The summed E-state index contributed by atoms with van der Waals surface area (Å²) >= 11 is 5.62. The highest BCUT2D eigenvalue weighted by atomic mass is 35.5. The van der Waals surface area contributed by atoms with Crippen molar-refractivity contribution in [1.29, 1.82) is 0 Å². The number of halogens is 2. The van der Waals surface area contributed by atoms with Crippen molar-refractivity contribution >= 4 is 11.6 Å². The third-order valence-corrected chi connectivity index (χ3v) is 2.75. The molecule has 0 unspecified atom stereocenters. The molecule has 0 amide bonds. The van der Waals surface area contributed by atoms with E-state index in [1.165, 1.54) is 6.07 Å². The maximum atomic E-state index is 13.2. The Labute approximate surface area is 104 Å². The number of hydrogen-bond donors (Lipinski definition) is 1. The Morgan fingerprint density at radius 1 is 1.35 bits per heavy atom. The SMILES string of the molecule is NCCc1cnn(Cc2ccc(Cl)c(F)c2)c1.